The number of carbonyl (C=O) groups is 1. The van der Waals surface area contributed by atoms with Crippen molar-refractivity contribution in [1.29, 1.82) is 0 Å². The molecule has 7 nitrogen and oxygen atoms in total. The van der Waals surface area contributed by atoms with Crippen molar-refractivity contribution >= 4 is 27.8 Å². The van der Waals surface area contributed by atoms with Crippen molar-refractivity contribution in [2.45, 2.75) is 11.8 Å². The molecule has 1 rings (SSSR count). The Kier molecular flexibility index (Phi) is 3.60. The summed E-state index contributed by atoms with van der Waals surface area (Å²) in [6.45, 7) is 1.31. The van der Waals surface area contributed by atoms with Crippen molar-refractivity contribution in [1.82, 2.24) is 0 Å². The summed E-state index contributed by atoms with van der Waals surface area (Å²) in [5, 5.41) is 2.43. The second kappa shape index (κ2) is 4.58. The van der Waals surface area contributed by atoms with Gasteiger partial charge in [0.1, 0.15) is 0 Å². The van der Waals surface area contributed by atoms with E-state index in [4.69, 9.17) is 5.73 Å². The highest BCUT2D eigenvalue weighted by Gasteiger charge is 2.39. The maximum Gasteiger partial charge on any atom is 0.484 e. The maximum absolute atomic E-state index is 11.4. The molecule has 16 heavy (non-hydrogen) atoms. The van der Waals surface area contributed by atoms with Crippen LogP contribution in [0.25, 0.3) is 0 Å². The van der Waals surface area contributed by atoms with Gasteiger partial charge in [-0.05, 0) is 16.3 Å². The molecule has 0 saturated heterocycles. The largest absolute Gasteiger partial charge is 0.484 e. The van der Waals surface area contributed by atoms with Gasteiger partial charge in [0.05, 0.1) is 14.5 Å². The lowest BCUT2D eigenvalue weighted by Gasteiger charge is -2.04. The van der Waals surface area contributed by atoms with E-state index in [1.807, 2.05) is 0 Å². The fourth-order valence-corrected chi connectivity index (χ4v) is 1.85. The number of nitrogen functional groups attached to an aromatic ring is 1. The molecule has 1 amide bonds. The summed E-state index contributed by atoms with van der Waals surface area (Å²) in [7, 11) is -3.97. The number of benzene rings is 1. The Morgan fingerprint density at radius 3 is 2.69 bits per heavy atom. The number of nitrogens with one attached hydrogen (secondary N) is 1. The molecule has 6 N–H and O–H groups in total. The standard InChI is InChI=1S/C8H11N3O4S/c1-5(12)11-6-2-3-7(9)8(4-6)16(13,14)15-10/h2-4H,1,10H3,(H2-,9,11,12,13)/q+1/p+1. The second-order valence-corrected chi connectivity index (χ2v) is 4.59. The maximum atomic E-state index is 11.4. The Balaban J connectivity index is 3.19. The van der Waals surface area contributed by atoms with Gasteiger partial charge in [0.2, 0.25) is 5.91 Å². The molecule has 87 valence electrons. The van der Waals surface area contributed by atoms with Crippen LogP contribution in [0, 0.1) is 0 Å². The normalized spacial score (nSPS) is 14.2. The third-order valence-electron chi connectivity index (χ3n) is 1.76. The van der Waals surface area contributed by atoms with Crippen molar-refractivity contribution < 1.29 is 23.7 Å². The van der Waals surface area contributed by atoms with Crippen LogP contribution in [0.2, 0.25) is 0 Å². The van der Waals surface area contributed by atoms with Gasteiger partial charge in [-0.3, -0.25) is 4.79 Å². The van der Waals surface area contributed by atoms with Gasteiger partial charge in [-0.25, -0.2) is 0 Å². The van der Waals surface area contributed by atoms with E-state index in [0.29, 0.717) is 5.69 Å². The molecule has 1 unspecified atom stereocenters. The van der Waals surface area contributed by atoms with Gasteiger partial charge in [-0.1, -0.05) is 0 Å². The molecular formula is C8H12N3O4S+2. The molecule has 0 heterocycles. The Morgan fingerprint density at radius 1 is 1.56 bits per heavy atom. The monoisotopic (exact) mass is 246 g/mol. The summed E-state index contributed by atoms with van der Waals surface area (Å²) in [6, 6.07) is 4.05. The first-order chi connectivity index (χ1) is 7.36. The van der Waals surface area contributed by atoms with E-state index in [1.165, 1.54) is 25.1 Å². The minimum atomic E-state index is -3.97. The SMILES string of the molecule is CC(=O)Nc1ccc(N)c([S+]([O])(=O)O[NH3+])c1. The van der Waals surface area contributed by atoms with E-state index in [0.717, 1.165) is 0 Å². The third-order valence-corrected chi connectivity index (χ3v) is 2.96. The summed E-state index contributed by atoms with van der Waals surface area (Å²) in [5.74, 6) is 2.52. The number of hydrogen-bond acceptors (Lipinski definition) is 4. The first-order valence-corrected chi connectivity index (χ1v) is 5.63. The number of carbonyl (C=O) groups excluding carboxylic acids is 1. The number of hydrogen-bond donors (Lipinski definition) is 3. The molecule has 1 radical (unpaired) electrons. The van der Waals surface area contributed by atoms with Crippen LogP contribution in [-0.2, 0) is 28.3 Å². The predicted octanol–water partition coefficient (Wildman–Crippen LogP) is -0.480. The zero-order chi connectivity index (χ0) is 12.3. The van der Waals surface area contributed by atoms with Crippen molar-refractivity contribution in [3.05, 3.63) is 18.2 Å². The van der Waals surface area contributed by atoms with Crippen LogP contribution >= 0.6 is 0 Å². The van der Waals surface area contributed by atoms with Crippen LogP contribution in [0.4, 0.5) is 11.4 Å². The van der Waals surface area contributed by atoms with E-state index in [9.17, 15) is 13.6 Å². The number of amides is 1. The van der Waals surface area contributed by atoms with Gasteiger partial charge in [-0.2, -0.15) is 5.90 Å². The summed E-state index contributed by atoms with van der Waals surface area (Å²) >= 11 is 0. The third kappa shape index (κ3) is 2.76. The van der Waals surface area contributed by atoms with Crippen LogP contribution in [0.5, 0.6) is 0 Å². The topological polar surface area (TPSA) is 129 Å². The molecule has 1 aromatic carbocycles. The van der Waals surface area contributed by atoms with Crippen molar-refractivity contribution in [2.75, 3.05) is 11.1 Å². The van der Waals surface area contributed by atoms with Gasteiger partial charge >= 0.3 is 10.5 Å². The van der Waals surface area contributed by atoms with Gasteiger partial charge in [0, 0.05) is 18.7 Å². The fraction of sp³-hybridized carbons (Fsp3) is 0.125. The molecule has 8 heteroatoms. The Labute approximate surface area is 93.2 Å². The molecule has 1 atom stereocenters. The van der Waals surface area contributed by atoms with Gasteiger partial charge in [-0.15, -0.1) is 0 Å². The average Bonchev–Trinajstić information content (AvgIpc) is 2.20. The first-order valence-electron chi connectivity index (χ1n) is 4.22. The minimum absolute atomic E-state index is 0.0257. The fourth-order valence-electron chi connectivity index (χ4n) is 1.10. The molecule has 0 spiro atoms. The average molecular weight is 246 g/mol. The molecule has 0 aliphatic heterocycles. The van der Waals surface area contributed by atoms with E-state index < -0.39 is 10.5 Å². The van der Waals surface area contributed by atoms with Gasteiger partial charge in [0.15, 0.2) is 0 Å². The van der Waals surface area contributed by atoms with Gasteiger partial charge in [0.25, 0.3) is 4.90 Å². The molecule has 0 fully saturated rings. The van der Waals surface area contributed by atoms with Crippen LogP contribution in [0.15, 0.2) is 23.1 Å². The minimum Gasteiger partial charge on any atom is -0.394 e. The molecule has 1 aromatic rings. The molecular weight excluding hydrogens is 234 g/mol. The first kappa shape index (κ1) is 12.6. The summed E-state index contributed by atoms with van der Waals surface area (Å²) in [5.41, 5.74) is 5.82. The lowest BCUT2D eigenvalue weighted by molar-refractivity contribution is -0.637. The highest BCUT2D eigenvalue weighted by molar-refractivity contribution is 7.93. The van der Waals surface area contributed by atoms with Crippen LogP contribution in [-0.4, -0.2) is 5.91 Å². The van der Waals surface area contributed by atoms with E-state index in [2.05, 4.69) is 15.5 Å². The Hall–Kier alpha value is -1.48. The molecule has 0 aliphatic rings. The number of quaternary nitrogens is 1. The second-order valence-electron chi connectivity index (χ2n) is 3.01. The van der Waals surface area contributed by atoms with Crippen LogP contribution in [0.1, 0.15) is 6.92 Å². The number of anilines is 2. The molecule has 0 bridgehead atoms. The molecule has 0 aromatic heterocycles. The summed E-state index contributed by atoms with van der Waals surface area (Å²) in [6.07, 6.45) is 0. The predicted molar refractivity (Wildman–Crippen MR) is 56.1 cm³/mol. The lowest BCUT2D eigenvalue weighted by atomic mass is 10.3. The van der Waals surface area contributed by atoms with Crippen molar-refractivity contribution in [3.8, 4) is 0 Å². The van der Waals surface area contributed by atoms with Crippen LogP contribution in [0.3, 0.4) is 0 Å². The zero-order valence-electron chi connectivity index (χ0n) is 8.56. The van der Waals surface area contributed by atoms with Gasteiger partial charge < -0.3 is 11.1 Å². The lowest BCUT2D eigenvalue weighted by Crippen LogP contribution is -2.52. The van der Waals surface area contributed by atoms with Crippen molar-refractivity contribution in [2.24, 2.45) is 0 Å². The number of rotatable bonds is 3. The summed E-state index contributed by atoms with van der Waals surface area (Å²) < 4.78 is 26.9. The van der Waals surface area contributed by atoms with Crippen LogP contribution < -0.4 is 16.9 Å². The molecule has 0 saturated carbocycles. The highest BCUT2D eigenvalue weighted by atomic mass is 32.3. The Morgan fingerprint density at radius 2 is 2.19 bits per heavy atom. The molecule has 0 aliphatic carbocycles. The smallest absolute Gasteiger partial charge is 0.394 e. The number of nitrogens with two attached hydrogens (primary N) is 1. The van der Waals surface area contributed by atoms with E-state index in [-0.39, 0.29) is 16.5 Å². The quantitative estimate of drug-likeness (QED) is 0.378. The van der Waals surface area contributed by atoms with Crippen molar-refractivity contribution in [3.63, 3.8) is 0 Å². The highest BCUT2D eigenvalue weighted by Crippen LogP contribution is 2.26. The summed E-state index contributed by atoms with van der Waals surface area (Å²) in [4.78, 5) is 10.6. The van der Waals surface area contributed by atoms with E-state index in [1.54, 1.807) is 0 Å². The Bertz CT molecular complexity index is 463. The van der Waals surface area contributed by atoms with E-state index >= 15 is 0 Å². The zero-order valence-corrected chi connectivity index (χ0v) is 9.37.